The maximum absolute atomic E-state index is 12.0. The highest BCUT2D eigenvalue weighted by atomic mass is 79.9. The lowest BCUT2D eigenvalue weighted by Crippen LogP contribution is -2.17. The van der Waals surface area contributed by atoms with Crippen LogP contribution in [0, 0.1) is 6.92 Å². The third-order valence-electron chi connectivity index (χ3n) is 3.64. The molecule has 0 saturated carbocycles. The van der Waals surface area contributed by atoms with Gasteiger partial charge >= 0.3 is 5.97 Å². The van der Waals surface area contributed by atoms with Crippen LogP contribution >= 0.6 is 15.9 Å². The Bertz CT molecular complexity index is 858. The third kappa shape index (κ3) is 4.70. The highest BCUT2D eigenvalue weighted by Gasteiger charge is 2.10. The molecule has 3 rings (SSSR count). The number of esters is 1. The Morgan fingerprint density at radius 1 is 0.920 bits per heavy atom. The van der Waals surface area contributed by atoms with Gasteiger partial charge in [-0.2, -0.15) is 0 Å². The van der Waals surface area contributed by atoms with Crippen molar-refractivity contribution in [2.24, 2.45) is 0 Å². The van der Waals surface area contributed by atoms with Crippen LogP contribution in [0.25, 0.3) is 11.1 Å². The van der Waals surface area contributed by atoms with Crippen LogP contribution in [0.15, 0.2) is 77.3 Å². The molecular weight excluding hydrogens is 380 g/mol. The van der Waals surface area contributed by atoms with Gasteiger partial charge < -0.3 is 9.47 Å². The molecule has 0 fully saturated rings. The molecule has 0 saturated heterocycles. The number of halogens is 1. The summed E-state index contributed by atoms with van der Waals surface area (Å²) in [6, 6.07) is 23.1. The van der Waals surface area contributed by atoms with Gasteiger partial charge in [-0.3, -0.25) is 0 Å². The second-order valence-electron chi connectivity index (χ2n) is 5.59. The summed E-state index contributed by atoms with van der Waals surface area (Å²) in [4.78, 5) is 12.0. The van der Waals surface area contributed by atoms with E-state index in [1.807, 2.05) is 73.7 Å². The Labute approximate surface area is 155 Å². The molecule has 0 atom stereocenters. The van der Waals surface area contributed by atoms with Gasteiger partial charge in [0, 0.05) is 0 Å². The minimum absolute atomic E-state index is 0.143. The van der Waals surface area contributed by atoms with Crippen molar-refractivity contribution in [2.75, 3.05) is 6.61 Å². The number of aryl methyl sites for hydroxylation is 1. The smallest absolute Gasteiger partial charge is 0.349 e. The van der Waals surface area contributed by atoms with Crippen LogP contribution in [-0.2, 0) is 4.79 Å². The van der Waals surface area contributed by atoms with Crippen molar-refractivity contribution in [1.29, 1.82) is 0 Å². The lowest BCUT2D eigenvalue weighted by molar-refractivity contribution is -0.136. The average Bonchev–Trinajstić information content (AvgIpc) is 2.64. The number of carbonyl (C=O) groups excluding carboxylic acids is 1. The van der Waals surface area contributed by atoms with Crippen LogP contribution in [-0.4, -0.2) is 12.6 Å². The summed E-state index contributed by atoms with van der Waals surface area (Å²) in [5, 5.41) is 0. The number of rotatable bonds is 5. The number of ether oxygens (including phenoxy) is 2. The number of carbonyl (C=O) groups is 1. The van der Waals surface area contributed by atoms with Gasteiger partial charge in [0.05, 0.1) is 4.47 Å². The predicted molar refractivity (Wildman–Crippen MR) is 102 cm³/mol. The van der Waals surface area contributed by atoms with Gasteiger partial charge in [-0.05, 0) is 58.2 Å². The zero-order valence-corrected chi connectivity index (χ0v) is 15.3. The van der Waals surface area contributed by atoms with Crippen LogP contribution in [0.5, 0.6) is 11.5 Å². The second-order valence-corrected chi connectivity index (χ2v) is 6.44. The van der Waals surface area contributed by atoms with E-state index in [-0.39, 0.29) is 6.61 Å². The molecule has 3 aromatic rings. The zero-order chi connectivity index (χ0) is 17.6. The zero-order valence-electron chi connectivity index (χ0n) is 13.7. The van der Waals surface area contributed by atoms with Crippen LogP contribution in [0.3, 0.4) is 0 Å². The van der Waals surface area contributed by atoms with Gasteiger partial charge in [0.15, 0.2) is 6.61 Å². The molecule has 0 bridgehead atoms. The highest BCUT2D eigenvalue weighted by molar-refractivity contribution is 9.10. The Balaban J connectivity index is 1.62. The van der Waals surface area contributed by atoms with E-state index < -0.39 is 5.97 Å². The standard InChI is InChI=1S/C21H17BrO3/c1-15-7-10-18(11-8-15)24-14-21(23)25-20-12-9-17(13-19(20)22)16-5-3-2-4-6-16/h2-13H,14H2,1H3. The van der Waals surface area contributed by atoms with E-state index in [4.69, 9.17) is 9.47 Å². The lowest BCUT2D eigenvalue weighted by Gasteiger charge is -2.10. The molecule has 0 radical (unpaired) electrons. The van der Waals surface area contributed by atoms with Crippen molar-refractivity contribution < 1.29 is 14.3 Å². The number of hydrogen-bond acceptors (Lipinski definition) is 3. The molecule has 0 N–H and O–H groups in total. The fraction of sp³-hybridized carbons (Fsp3) is 0.0952. The number of benzene rings is 3. The van der Waals surface area contributed by atoms with Crippen LogP contribution in [0.4, 0.5) is 0 Å². The molecule has 126 valence electrons. The van der Waals surface area contributed by atoms with E-state index in [0.29, 0.717) is 11.5 Å². The molecule has 0 heterocycles. The number of hydrogen-bond donors (Lipinski definition) is 0. The molecule has 0 aliphatic rings. The van der Waals surface area contributed by atoms with Crippen LogP contribution < -0.4 is 9.47 Å². The fourth-order valence-electron chi connectivity index (χ4n) is 2.32. The topological polar surface area (TPSA) is 35.5 Å². The normalized spacial score (nSPS) is 10.3. The summed E-state index contributed by atoms with van der Waals surface area (Å²) in [6.07, 6.45) is 0. The molecule has 0 unspecified atom stereocenters. The Hall–Kier alpha value is -2.59. The predicted octanol–water partition coefficient (Wildman–Crippen LogP) is 5.41. The summed E-state index contributed by atoms with van der Waals surface area (Å²) >= 11 is 3.46. The second kappa shape index (κ2) is 7.99. The van der Waals surface area contributed by atoms with E-state index in [1.165, 1.54) is 0 Å². The van der Waals surface area contributed by atoms with Crippen molar-refractivity contribution in [3.8, 4) is 22.6 Å². The van der Waals surface area contributed by atoms with Gasteiger partial charge in [-0.15, -0.1) is 0 Å². The molecule has 3 nitrogen and oxygen atoms in total. The third-order valence-corrected chi connectivity index (χ3v) is 4.26. The first-order valence-corrected chi connectivity index (χ1v) is 8.66. The largest absolute Gasteiger partial charge is 0.482 e. The molecule has 0 spiro atoms. The molecule has 0 aliphatic heterocycles. The molecule has 25 heavy (non-hydrogen) atoms. The van der Waals surface area contributed by atoms with E-state index in [0.717, 1.165) is 21.2 Å². The molecule has 3 aromatic carbocycles. The average molecular weight is 397 g/mol. The summed E-state index contributed by atoms with van der Waals surface area (Å²) in [5.74, 6) is 0.659. The van der Waals surface area contributed by atoms with E-state index in [9.17, 15) is 4.79 Å². The molecular formula is C21H17BrO3. The van der Waals surface area contributed by atoms with Gasteiger partial charge in [-0.1, -0.05) is 54.1 Å². The van der Waals surface area contributed by atoms with Gasteiger partial charge in [0.1, 0.15) is 11.5 Å². The lowest BCUT2D eigenvalue weighted by atomic mass is 10.1. The Morgan fingerprint density at radius 2 is 1.64 bits per heavy atom. The summed E-state index contributed by atoms with van der Waals surface area (Å²) < 4.78 is 11.5. The van der Waals surface area contributed by atoms with Crippen molar-refractivity contribution in [3.63, 3.8) is 0 Å². The fourth-order valence-corrected chi connectivity index (χ4v) is 2.78. The molecule has 0 aliphatic carbocycles. The Morgan fingerprint density at radius 3 is 2.32 bits per heavy atom. The summed E-state index contributed by atoms with van der Waals surface area (Å²) in [6.45, 7) is 1.85. The Kier molecular flexibility index (Phi) is 5.51. The minimum Gasteiger partial charge on any atom is -0.482 e. The maximum Gasteiger partial charge on any atom is 0.349 e. The molecule has 0 amide bonds. The van der Waals surface area contributed by atoms with Crippen molar-refractivity contribution >= 4 is 21.9 Å². The monoisotopic (exact) mass is 396 g/mol. The maximum atomic E-state index is 12.0. The SMILES string of the molecule is Cc1ccc(OCC(=O)Oc2ccc(-c3ccccc3)cc2Br)cc1. The van der Waals surface area contributed by atoms with Crippen molar-refractivity contribution in [3.05, 3.63) is 82.8 Å². The summed E-state index contributed by atoms with van der Waals surface area (Å²) in [5.41, 5.74) is 3.28. The van der Waals surface area contributed by atoms with E-state index in [2.05, 4.69) is 15.9 Å². The molecule has 4 heteroatoms. The van der Waals surface area contributed by atoms with E-state index in [1.54, 1.807) is 6.07 Å². The van der Waals surface area contributed by atoms with Crippen LogP contribution in [0.2, 0.25) is 0 Å². The van der Waals surface area contributed by atoms with Crippen molar-refractivity contribution in [2.45, 2.75) is 6.92 Å². The van der Waals surface area contributed by atoms with Crippen LogP contribution in [0.1, 0.15) is 5.56 Å². The van der Waals surface area contributed by atoms with Gasteiger partial charge in [0.25, 0.3) is 0 Å². The minimum atomic E-state index is -0.450. The van der Waals surface area contributed by atoms with Gasteiger partial charge in [-0.25, -0.2) is 4.79 Å². The summed E-state index contributed by atoms with van der Waals surface area (Å²) in [7, 11) is 0. The van der Waals surface area contributed by atoms with E-state index >= 15 is 0 Å². The molecule has 0 aromatic heterocycles. The van der Waals surface area contributed by atoms with Crippen molar-refractivity contribution in [1.82, 2.24) is 0 Å². The van der Waals surface area contributed by atoms with Gasteiger partial charge in [0.2, 0.25) is 0 Å². The highest BCUT2D eigenvalue weighted by Crippen LogP contribution is 2.30. The first-order chi connectivity index (χ1) is 12.1. The first-order valence-electron chi connectivity index (χ1n) is 7.87. The first kappa shape index (κ1) is 17.2. The quantitative estimate of drug-likeness (QED) is 0.427.